The van der Waals surface area contributed by atoms with Gasteiger partial charge in [-0.15, -0.1) is 11.3 Å². The van der Waals surface area contributed by atoms with Gasteiger partial charge in [0.15, 0.2) is 5.76 Å². The highest BCUT2D eigenvalue weighted by molar-refractivity contribution is 7.13. The summed E-state index contributed by atoms with van der Waals surface area (Å²) in [6.45, 7) is 3.75. The standard InChI is InChI=1S/C13H16N2O3S/c1-13(2,12(16)17)15(3)8-9-7-10(18-14-9)11-5-4-6-19-11/h4-7H,8H2,1-3H3,(H,16,17). The fourth-order valence-electron chi connectivity index (χ4n) is 1.53. The van der Waals surface area contributed by atoms with E-state index in [0.29, 0.717) is 12.3 Å². The third-order valence-electron chi connectivity index (χ3n) is 3.20. The van der Waals surface area contributed by atoms with Crippen molar-refractivity contribution in [1.29, 1.82) is 0 Å². The molecule has 102 valence electrons. The molecule has 2 heterocycles. The lowest BCUT2D eigenvalue weighted by Crippen LogP contribution is -2.47. The molecule has 0 aromatic carbocycles. The van der Waals surface area contributed by atoms with Gasteiger partial charge in [0.25, 0.3) is 0 Å². The first-order valence-corrected chi connectivity index (χ1v) is 6.73. The Morgan fingerprint density at radius 1 is 1.58 bits per heavy atom. The number of nitrogens with zero attached hydrogens (tertiary/aromatic N) is 2. The van der Waals surface area contributed by atoms with E-state index >= 15 is 0 Å². The molecule has 0 aliphatic heterocycles. The van der Waals surface area contributed by atoms with Crippen LogP contribution in [0.4, 0.5) is 0 Å². The Kier molecular flexibility index (Phi) is 3.73. The van der Waals surface area contributed by atoms with Crippen LogP contribution in [-0.4, -0.2) is 33.7 Å². The lowest BCUT2D eigenvalue weighted by Gasteiger charge is -2.30. The molecule has 0 unspecified atom stereocenters. The smallest absolute Gasteiger partial charge is 0.323 e. The zero-order valence-electron chi connectivity index (χ0n) is 11.1. The third-order valence-corrected chi connectivity index (χ3v) is 4.08. The van der Waals surface area contributed by atoms with E-state index in [0.717, 1.165) is 10.6 Å². The van der Waals surface area contributed by atoms with Crippen molar-refractivity contribution in [3.8, 4) is 10.6 Å². The van der Waals surface area contributed by atoms with Crippen LogP contribution in [0.1, 0.15) is 19.5 Å². The quantitative estimate of drug-likeness (QED) is 0.912. The molecule has 19 heavy (non-hydrogen) atoms. The minimum absolute atomic E-state index is 0.425. The van der Waals surface area contributed by atoms with Gasteiger partial charge in [-0.05, 0) is 32.3 Å². The summed E-state index contributed by atoms with van der Waals surface area (Å²) in [6.07, 6.45) is 0. The monoisotopic (exact) mass is 280 g/mol. The number of hydrogen-bond acceptors (Lipinski definition) is 5. The molecule has 5 nitrogen and oxygen atoms in total. The second-order valence-corrected chi connectivity index (χ2v) is 5.83. The van der Waals surface area contributed by atoms with Crippen molar-refractivity contribution in [1.82, 2.24) is 10.1 Å². The average Bonchev–Trinajstić information content (AvgIpc) is 2.97. The van der Waals surface area contributed by atoms with E-state index in [2.05, 4.69) is 5.16 Å². The molecule has 0 atom stereocenters. The Morgan fingerprint density at radius 3 is 2.89 bits per heavy atom. The number of carboxylic acid groups (broad SMARTS) is 1. The first-order valence-electron chi connectivity index (χ1n) is 5.85. The van der Waals surface area contributed by atoms with E-state index in [9.17, 15) is 4.79 Å². The molecule has 0 bridgehead atoms. The zero-order chi connectivity index (χ0) is 14.0. The third kappa shape index (κ3) is 2.85. The summed E-state index contributed by atoms with van der Waals surface area (Å²) < 4.78 is 5.27. The summed E-state index contributed by atoms with van der Waals surface area (Å²) in [5, 5.41) is 15.1. The lowest BCUT2D eigenvalue weighted by atomic mass is 10.0. The summed E-state index contributed by atoms with van der Waals surface area (Å²) in [6, 6.07) is 5.75. The van der Waals surface area contributed by atoms with Gasteiger partial charge in [-0.3, -0.25) is 9.69 Å². The SMILES string of the molecule is CN(Cc1cc(-c2cccs2)on1)C(C)(C)C(=O)O. The van der Waals surface area contributed by atoms with Crippen LogP contribution in [0.5, 0.6) is 0 Å². The van der Waals surface area contributed by atoms with E-state index in [1.807, 2.05) is 23.6 Å². The van der Waals surface area contributed by atoms with Crippen LogP contribution in [0.15, 0.2) is 28.1 Å². The minimum Gasteiger partial charge on any atom is -0.480 e. The number of aromatic nitrogens is 1. The van der Waals surface area contributed by atoms with E-state index in [1.54, 1.807) is 37.1 Å². The van der Waals surface area contributed by atoms with Crippen LogP contribution in [0, 0.1) is 0 Å². The second-order valence-electron chi connectivity index (χ2n) is 4.88. The summed E-state index contributed by atoms with van der Waals surface area (Å²) in [5.74, 6) is -0.150. The Labute approximate surface area is 115 Å². The Bertz CT molecular complexity index is 560. The van der Waals surface area contributed by atoms with E-state index < -0.39 is 11.5 Å². The van der Waals surface area contributed by atoms with Crippen molar-refractivity contribution >= 4 is 17.3 Å². The molecule has 2 rings (SSSR count). The van der Waals surface area contributed by atoms with Crippen LogP contribution >= 0.6 is 11.3 Å². The maximum atomic E-state index is 11.2. The molecule has 0 aliphatic carbocycles. The zero-order valence-corrected chi connectivity index (χ0v) is 11.9. The molecule has 2 aromatic rings. The van der Waals surface area contributed by atoms with Crippen molar-refractivity contribution < 1.29 is 14.4 Å². The molecular formula is C13H16N2O3S. The van der Waals surface area contributed by atoms with Gasteiger partial charge in [-0.1, -0.05) is 11.2 Å². The average molecular weight is 280 g/mol. The second kappa shape index (κ2) is 5.14. The molecule has 0 saturated heterocycles. The Hall–Kier alpha value is -1.66. The van der Waals surface area contributed by atoms with Crippen LogP contribution in [0.2, 0.25) is 0 Å². The van der Waals surface area contributed by atoms with Crippen molar-refractivity contribution in [2.45, 2.75) is 25.9 Å². The number of thiophene rings is 1. The maximum Gasteiger partial charge on any atom is 0.323 e. The highest BCUT2D eigenvalue weighted by Crippen LogP contribution is 2.26. The predicted octanol–water partition coefficient (Wildman–Crippen LogP) is 2.70. The van der Waals surface area contributed by atoms with Crippen molar-refractivity contribution in [3.63, 3.8) is 0 Å². The lowest BCUT2D eigenvalue weighted by molar-refractivity contribution is -0.148. The Morgan fingerprint density at radius 2 is 2.32 bits per heavy atom. The van der Waals surface area contributed by atoms with Crippen LogP contribution < -0.4 is 0 Å². The number of carboxylic acids is 1. The molecular weight excluding hydrogens is 264 g/mol. The van der Waals surface area contributed by atoms with Crippen molar-refractivity contribution in [2.24, 2.45) is 0 Å². The van der Waals surface area contributed by atoms with Gasteiger partial charge in [-0.2, -0.15) is 0 Å². The largest absolute Gasteiger partial charge is 0.480 e. The number of likely N-dealkylation sites (N-methyl/N-ethyl adjacent to an activating group) is 1. The van der Waals surface area contributed by atoms with Crippen molar-refractivity contribution in [3.05, 3.63) is 29.3 Å². The first-order chi connectivity index (χ1) is 8.91. The normalized spacial score (nSPS) is 12.0. The topological polar surface area (TPSA) is 66.6 Å². The van der Waals surface area contributed by atoms with Gasteiger partial charge in [0.05, 0.1) is 10.6 Å². The number of carbonyl (C=O) groups is 1. The molecule has 6 heteroatoms. The Balaban J connectivity index is 2.11. The van der Waals surface area contributed by atoms with Crippen LogP contribution in [0.3, 0.4) is 0 Å². The molecule has 0 fully saturated rings. The van der Waals surface area contributed by atoms with Crippen LogP contribution in [-0.2, 0) is 11.3 Å². The van der Waals surface area contributed by atoms with Gasteiger partial charge in [0.1, 0.15) is 5.54 Å². The molecule has 1 N–H and O–H groups in total. The summed E-state index contributed by atoms with van der Waals surface area (Å²) in [5.41, 5.74) is -0.220. The van der Waals surface area contributed by atoms with Gasteiger partial charge < -0.3 is 9.63 Å². The molecule has 0 spiro atoms. The molecule has 2 aromatic heterocycles. The number of hydrogen-bond donors (Lipinski definition) is 1. The molecule has 0 radical (unpaired) electrons. The molecule has 0 amide bonds. The number of aliphatic carboxylic acids is 1. The van der Waals surface area contributed by atoms with E-state index in [-0.39, 0.29) is 0 Å². The van der Waals surface area contributed by atoms with Gasteiger partial charge in [0, 0.05) is 12.6 Å². The molecule has 0 aliphatic rings. The fraction of sp³-hybridized carbons (Fsp3) is 0.385. The molecule has 0 saturated carbocycles. The fourth-order valence-corrected chi connectivity index (χ4v) is 2.20. The van der Waals surface area contributed by atoms with Crippen molar-refractivity contribution in [2.75, 3.05) is 7.05 Å². The van der Waals surface area contributed by atoms with Gasteiger partial charge in [0.2, 0.25) is 0 Å². The minimum atomic E-state index is -0.942. The van der Waals surface area contributed by atoms with E-state index in [4.69, 9.17) is 9.63 Å². The van der Waals surface area contributed by atoms with Gasteiger partial charge in [-0.25, -0.2) is 0 Å². The summed E-state index contributed by atoms with van der Waals surface area (Å²) >= 11 is 1.58. The summed E-state index contributed by atoms with van der Waals surface area (Å²) in [4.78, 5) is 13.9. The van der Waals surface area contributed by atoms with Crippen LogP contribution in [0.25, 0.3) is 10.6 Å². The highest BCUT2D eigenvalue weighted by atomic mass is 32.1. The number of rotatable bonds is 5. The highest BCUT2D eigenvalue weighted by Gasteiger charge is 2.32. The maximum absolute atomic E-state index is 11.2. The van der Waals surface area contributed by atoms with E-state index in [1.165, 1.54) is 0 Å². The predicted molar refractivity (Wildman–Crippen MR) is 73.0 cm³/mol. The van der Waals surface area contributed by atoms with Gasteiger partial charge >= 0.3 is 5.97 Å². The first kappa shape index (κ1) is 13.8. The summed E-state index contributed by atoms with van der Waals surface area (Å²) in [7, 11) is 1.76.